The minimum Gasteiger partial charge on any atom is -0.382 e. The number of rotatable bonds is 11. The summed E-state index contributed by atoms with van der Waals surface area (Å²) >= 11 is 0. The van der Waals surface area contributed by atoms with Crippen molar-refractivity contribution < 1.29 is 17.9 Å². The maximum Gasteiger partial charge on any atom is 0.213 e. The van der Waals surface area contributed by atoms with Gasteiger partial charge in [0.05, 0.1) is 25.6 Å². The third-order valence-electron chi connectivity index (χ3n) is 4.58. The van der Waals surface area contributed by atoms with Crippen molar-refractivity contribution in [3.63, 3.8) is 0 Å². The van der Waals surface area contributed by atoms with Gasteiger partial charge in [-0.05, 0) is 12.0 Å². The Hall–Kier alpha value is -0.950. The van der Waals surface area contributed by atoms with Crippen molar-refractivity contribution in [1.29, 1.82) is 0 Å². The van der Waals surface area contributed by atoms with Gasteiger partial charge in [-0.2, -0.15) is 0 Å². The Kier molecular flexibility index (Phi) is 12.7. The number of nitrogens with one attached hydrogen (secondary N) is 2. The van der Waals surface area contributed by atoms with Crippen LogP contribution in [0.5, 0.6) is 0 Å². The summed E-state index contributed by atoms with van der Waals surface area (Å²) in [6, 6.07) is 9.47. The maximum absolute atomic E-state index is 12.2. The lowest BCUT2D eigenvalue weighted by Gasteiger charge is -2.21. The van der Waals surface area contributed by atoms with Gasteiger partial charge in [0.25, 0.3) is 0 Å². The van der Waals surface area contributed by atoms with E-state index >= 15 is 0 Å². The Bertz CT molecular complexity index is 703. The molecule has 0 amide bonds. The van der Waals surface area contributed by atoms with Gasteiger partial charge in [0, 0.05) is 46.3 Å². The number of guanidine groups is 1. The molecule has 29 heavy (non-hydrogen) atoms. The number of sulfonamides is 1. The third kappa shape index (κ3) is 10.1. The van der Waals surface area contributed by atoms with E-state index in [9.17, 15) is 8.42 Å². The Morgan fingerprint density at radius 1 is 1.28 bits per heavy atom. The fraction of sp³-hybridized carbons (Fsp3) is 0.632. The predicted molar refractivity (Wildman–Crippen MR) is 126 cm³/mol. The Morgan fingerprint density at radius 3 is 2.72 bits per heavy atom. The predicted octanol–water partition coefficient (Wildman–Crippen LogP) is 1.28. The first kappa shape index (κ1) is 26.1. The lowest BCUT2D eigenvalue weighted by atomic mass is 10.1. The molecule has 1 atom stereocenters. The number of hydrogen-bond acceptors (Lipinski definition) is 5. The van der Waals surface area contributed by atoms with Crippen molar-refractivity contribution >= 4 is 40.0 Å². The van der Waals surface area contributed by atoms with Crippen LogP contribution in [0.3, 0.4) is 0 Å². The molecule has 10 heteroatoms. The van der Waals surface area contributed by atoms with Crippen LogP contribution in [0.15, 0.2) is 35.3 Å². The van der Waals surface area contributed by atoms with Crippen molar-refractivity contribution in [2.75, 3.05) is 59.4 Å². The van der Waals surface area contributed by atoms with Crippen molar-refractivity contribution in [3.05, 3.63) is 35.9 Å². The molecule has 166 valence electrons. The van der Waals surface area contributed by atoms with Crippen molar-refractivity contribution in [1.82, 2.24) is 14.9 Å². The number of aliphatic imine (C=N–C) groups is 1. The molecular formula is C19H33IN4O4S. The molecule has 2 N–H and O–H groups in total. The summed E-state index contributed by atoms with van der Waals surface area (Å²) in [5.41, 5.74) is 0.936. The monoisotopic (exact) mass is 540 g/mol. The molecule has 2 rings (SSSR count). The van der Waals surface area contributed by atoms with E-state index in [1.165, 1.54) is 0 Å². The van der Waals surface area contributed by atoms with Crippen LogP contribution in [0.4, 0.5) is 0 Å². The number of benzene rings is 1. The summed E-state index contributed by atoms with van der Waals surface area (Å²) in [6.45, 7) is 4.26. The Balaban J connectivity index is 0.00000420. The number of hydrogen-bond donors (Lipinski definition) is 2. The minimum absolute atomic E-state index is 0. The van der Waals surface area contributed by atoms with Crippen LogP contribution in [0.1, 0.15) is 12.0 Å². The number of nitrogens with zero attached hydrogens (tertiary/aromatic N) is 2. The van der Waals surface area contributed by atoms with Crippen LogP contribution in [0.2, 0.25) is 0 Å². The number of methoxy groups -OCH3 is 1. The molecule has 1 fully saturated rings. The molecule has 8 nitrogen and oxygen atoms in total. The van der Waals surface area contributed by atoms with Gasteiger partial charge < -0.3 is 19.7 Å². The molecule has 0 aliphatic carbocycles. The summed E-state index contributed by atoms with van der Waals surface area (Å²) in [6.07, 6.45) is 1.03. The maximum atomic E-state index is 12.2. The van der Waals surface area contributed by atoms with E-state index in [1.54, 1.807) is 14.2 Å². The SMILES string of the molecule is CN=C(NCCS(=O)(=O)NCc1ccccc1)N1CCC(COCCOC)C1.I. The molecule has 1 heterocycles. The van der Waals surface area contributed by atoms with E-state index in [0.29, 0.717) is 38.8 Å². The van der Waals surface area contributed by atoms with Crippen molar-refractivity contribution in [2.24, 2.45) is 10.9 Å². The second kappa shape index (κ2) is 14.1. The number of ether oxygens (including phenoxy) is 2. The lowest BCUT2D eigenvalue weighted by Crippen LogP contribution is -2.43. The molecule has 1 aromatic carbocycles. The van der Waals surface area contributed by atoms with Crippen molar-refractivity contribution in [3.8, 4) is 0 Å². The van der Waals surface area contributed by atoms with Gasteiger partial charge in [-0.3, -0.25) is 4.99 Å². The fourth-order valence-corrected chi connectivity index (χ4v) is 3.95. The highest BCUT2D eigenvalue weighted by Crippen LogP contribution is 2.16. The average Bonchev–Trinajstić information content (AvgIpc) is 3.17. The van der Waals surface area contributed by atoms with Crippen LogP contribution in [0.25, 0.3) is 0 Å². The molecular weight excluding hydrogens is 507 g/mol. The van der Waals surface area contributed by atoms with E-state index in [2.05, 4.69) is 19.9 Å². The molecule has 0 spiro atoms. The van der Waals surface area contributed by atoms with Crippen LogP contribution in [-0.2, 0) is 26.0 Å². The molecule has 1 aliphatic heterocycles. The summed E-state index contributed by atoms with van der Waals surface area (Å²) in [4.78, 5) is 6.43. The fourth-order valence-electron chi connectivity index (χ4n) is 3.04. The van der Waals surface area contributed by atoms with Gasteiger partial charge in [-0.1, -0.05) is 30.3 Å². The smallest absolute Gasteiger partial charge is 0.213 e. The minimum atomic E-state index is -3.35. The largest absolute Gasteiger partial charge is 0.382 e. The topological polar surface area (TPSA) is 92.3 Å². The molecule has 0 saturated carbocycles. The highest BCUT2D eigenvalue weighted by molar-refractivity contribution is 14.0. The van der Waals surface area contributed by atoms with Gasteiger partial charge >= 0.3 is 0 Å². The average molecular weight is 540 g/mol. The highest BCUT2D eigenvalue weighted by Gasteiger charge is 2.25. The van der Waals surface area contributed by atoms with E-state index < -0.39 is 10.0 Å². The summed E-state index contributed by atoms with van der Waals surface area (Å²) in [7, 11) is 0.0223. The summed E-state index contributed by atoms with van der Waals surface area (Å²) < 4.78 is 37.6. The second-order valence-corrected chi connectivity index (χ2v) is 8.69. The van der Waals surface area contributed by atoms with Crippen LogP contribution in [0, 0.1) is 5.92 Å². The van der Waals surface area contributed by atoms with Crippen LogP contribution in [-0.4, -0.2) is 78.6 Å². The zero-order valence-electron chi connectivity index (χ0n) is 17.2. The van der Waals surface area contributed by atoms with E-state index in [0.717, 1.165) is 31.0 Å². The van der Waals surface area contributed by atoms with E-state index in [-0.39, 0.29) is 29.7 Å². The third-order valence-corrected chi connectivity index (χ3v) is 5.90. The zero-order chi connectivity index (χ0) is 20.2. The van der Waals surface area contributed by atoms with Crippen molar-refractivity contribution in [2.45, 2.75) is 13.0 Å². The Morgan fingerprint density at radius 2 is 2.03 bits per heavy atom. The number of likely N-dealkylation sites (tertiary alicyclic amines) is 1. The normalized spacial score (nSPS) is 17.2. The van der Waals surface area contributed by atoms with Crippen LogP contribution >= 0.6 is 24.0 Å². The quantitative estimate of drug-likeness (QED) is 0.190. The van der Waals surface area contributed by atoms with E-state index in [1.807, 2.05) is 30.3 Å². The molecule has 1 aliphatic rings. The van der Waals surface area contributed by atoms with Gasteiger partial charge in [-0.25, -0.2) is 13.1 Å². The molecule has 1 saturated heterocycles. The highest BCUT2D eigenvalue weighted by atomic mass is 127. The molecule has 0 aromatic heterocycles. The molecule has 0 bridgehead atoms. The first-order valence-electron chi connectivity index (χ1n) is 9.57. The molecule has 0 radical (unpaired) electrons. The van der Waals surface area contributed by atoms with Crippen LogP contribution < -0.4 is 10.0 Å². The molecule has 1 aromatic rings. The van der Waals surface area contributed by atoms with Gasteiger partial charge in [0.1, 0.15) is 0 Å². The van der Waals surface area contributed by atoms with E-state index in [4.69, 9.17) is 9.47 Å². The lowest BCUT2D eigenvalue weighted by molar-refractivity contribution is 0.0536. The molecule has 1 unspecified atom stereocenters. The van der Waals surface area contributed by atoms with Gasteiger partial charge in [0.2, 0.25) is 10.0 Å². The summed E-state index contributed by atoms with van der Waals surface area (Å²) in [5, 5.41) is 3.16. The number of halogens is 1. The zero-order valence-corrected chi connectivity index (χ0v) is 20.3. The van der Waals surface area contributed by atoms with Gasteiger partial charge in [0.15, 0.2) is 5.96 Å². The standard InChI is InChI=1S/C19H32N4O4S.HI/c1-20-19(23-10-8-18(15-23)16-27-12-11-26-2)21-9-13-28(24,25)22-14-17-6-4-3-5-7-17;/h3-7,18,22H,8-16H2,1-2H3,(H,20,21);1H. The van der Waals surface area contributed by atoms with Gasteiger partial charge in [-0.15, -0.1) is 24.0 Å². The first-order chi connectivity index (χ1) is 13.5. The first-order valence-corrected chi connectivity index (χ1v) is 11.2. The Labute approximate surface area is 191 Å². The summed E-state index contributed by atoms with van der Waals surface area (Å²) in [5.74, 6) is 1.18. The second-order valence-electron chi connectivity index (χ2n) is 6.77.